The van der Waals surface area contributed by atoms with Gasteiger partial charge in [-0.3, -0.25) is 14.8 Å². The van der Waals surface area contributed by atoms with Crippen molar-refractivity contribution in [1.82, 2.24) is 15.4 Å². The number of hydrogen-bond donors (Lipinski definition) is 3. The molecule has 2 aromatic rings. The number of amides is 2. The summed E-state index contributed by atoms with van der Waals surface area (Å²) in [6, 6.07) is 8.86. The first-order valence-corrected chi connectivity index (χ1v) is 9.81. The van der Waals surface area contributed by atoms with Crippen LogP contribution in [0.2, 0.25) is 10.0 Å². The molecule has 0 bridgehead atoms. The molecule has 0 unspecified atom stereocenters. The Hall–Kier alpha value is -2.61. The largest absolute Gasteiger partial charge is 0.366 e. The van der Waals surface area contributed by atoms with E-state index < -0.39 is 5.91 Å². The highest BCUT2D eigenvalue weighted by Gasteiger charge is 2.25. The van der Waals surface area contributed by atoms with Crippen LogP contribution in [0.3, 0.4) is 0 Å². The molecule has 1 fully saturated rings. The summed E-state index contributed by atoms with van der Waals surface area (Å²) in [6.07, 6.45) is 5.75. The van der Waals surface area contributed by atoms with Crippen LogP contribution in [-0.4, -0.2) is 46.0 Å². The minimum Gasteiger partial charge on any atom is -0.366 e. The lowest BCUT2D eigenvalue weighted by Gasteiger charge is -2.33. The van der Waals surface area contributed by atoms with Crippen molar-refractivity contribution in [2.75, 3.05) is 18.4 Å². The number of halogens is 2. The van der Waals surface area contributed by atoms with Gasteiger partial charge in [-0.25, -0.2) is 10.5 Å². The number of carbonyl (C=O) groups excluding carboxylic acids is 2. The molecule has 1 aliphatic rings. The molecule has 1 aromatic heterocycles. The van der Waals surface area contributed by atoms with E-state index in [0.29, 0.717) is 40.1 Å². The number of hydrogen-bond acceptors (Lipinski definition) is 5. The molecule has 3 N–H and O–H groups in total. The second-order valence-electron chi connectivity index (χ2n) is 6.60. The molecule has 29 heavy (non-hydrogen) atoms. The summed E-state index contributed by atoms with van der Waals surface area (Å²) in [5.41, 5.74) is 2.66. The topological polar surface area (TPSA) is 94.6 Å². The van der Waals surface area contributed by atoms with Gasteiger partial charge < -0.3 is 10.2 Å². The number of hydroxylamine groups is 1. The lowest BCUT2D eigenvalue weighted by atomic mass is 10.0. The molecular formula is C20H20Cl2N4O3. The molecule has 152 valence electrons. The zero-order valence-electron chi connectivity index (χ0n) is 15.4. The monoisotopic (exact) mass is 434 g/mol. The van der Waals surface area contributed by atoms with Crippen LogP contribution in [0.4, 0.5) is 5.82 Å². The Labute approximate surface area is 178 Å². The summed E-state index contributed by atoms with van der Waals surface area (Å²) >= 11 is 12.4. The minimum absolute atomic E-state index is 0.0618. The van der Waals surface area contributed by atoms with Crippen molar-refractivity contribution in [3.05, 3.63) is 63.8 Å². The van der Waals surface area contributed by atoms with Crippen molar-refractivity contribution in [2.45, 2.75) is 18.9 Å². The van der Waals surface area contributed by atoms with E-state index >= 15 is 0 Å². The molecular weight excluding hydrogens is 415 g/mol. The summed E-state index contributed by atoms with van der Waals surface area (Å²) in [7, 11) is 0. The van der Waals surface area contributed by atoms with Gasteiger partial charge in [-0.2, -0.15) is 0 Å². The van der Waals surface area contributed by atoms with Gasteiger partial charge in [-0.05, 0) is 42.7 Å². The maximum absolute atomic E-state index is 12.6. The van der Waals surface area contributed by atoms with E-state index in [0.717, 1.165) is 12.8 Å². The summed E-state index contributed by atoms with van der Waals surface area (Å²) in [5.74, 6) is -0.152. The molecule has 0 radical (unpaired) electrons. The fourth-order valence-electron chi connectivity index (χ4n) is 3.08. The van der Waals surface area contributed by atoms with Gasteiger partial charge in [0.15, 0.2) is 0 Å². The molecule has 2 heterocycles. The van der Waals surface area contributed by atoms with Gasteiger partial charge in [0.05, 0.1) is 15.6 Å². The van der Waals surface area contributed by atoms with Crippen molar-refractivity contribution in [3.8, 4) is 0 Å². The molecule has 0 spiro atoms. The van der Waals surface area contributed by atoms with Gasteiger partial charge in [-0.15, -0.1) is 0 Å². The van der Waals surface area contributed by atoms with Crippen LogP contribution in [0.5, 0.6) is 0 Å². The highest BCUT2D eigenvalue weighted by atomic mass is 35.5. The number of aromatic nitrogens is 1. The molecule has 7 nitrogen and oxygen atoms in total. The second-order valence-corrected chi connectivity index (χ2v) is 7.41. The summed E-state index contributed by atoms with van der Waals surface area (Å²) in [4.78, 5) is 29.8. The number of anilines is 1. The predicted molar refractivity (Wildman–Crippen MR) is 112 cm³/mol. The first kappa shape index (κ1) is 21.1. The predicted octanol–water partition coefficient (Wildman–Crippen LogP) is 3.62. The van der Waals surface area contributed by atoms with Crippen LogP contribution >= 0.6 is 23.2 Å². The first-order chi connectivity index (χ1) is 14.0. The number of pyridine rings is 1. The highest BCUT2D eigenvalue weighted by Crippen LogP contribution is 2.25. The van der Waals surface area contributed by atoms with E-state index in [9.17, 15) is 9.59 Å². The van der Waals surface area contributed by atoms with Crippen molar-refractivity contribution >= 4 is 46.9 Å². The van der Waals surface area contributed by atoms with Gasteiger partial charge in [-0.1, -0.05) is 35.3 Å². The molecule has 0 saturated carbocycles. The van der Waals surface area contributed by atoms with E-state index in [-0.39, 0.29) is 11.9 Å². The third kappa shape index (κ3) is 5.47. The van der Waals surface area contributed by atoms with Gasteiger partial charge in [0.2, 0.25) is 0 Å². The first-order valence-electron chi connectivity index (χ1n) is 9.06. The van der Waals surface area contributed by atoms with E-state index in [4.69, 9.17) is 28.4 Å². The van der Waals surface area contributed by atoms with Crippen molar-refractivity contribution in [3.63, 3.8) is 0 Å². The highest BCUT2D eigenvalue weighted by molar-refractivity contribution is 6.34. The van der Waals surface area contributed by atoms with E-state index in [1.165, 1.54) is 17.6 Å². The maximum atomic E-state index is 12.6. The fraction of sp³-hybridized carbons (Fsp3) is 0.250. The normalized spacial score (nSPS) is 14.8. The molecule has 1 aromatic carbocycles. The number of piperidine rings is 1. The van der Waals surface area contributed by atoms with Gasteiger partial charge in [0.25, 0.3) is 11.8 Å². The van der Waals surface area contributed by atoms with E-state index in [1.807, 2.05) is 0 Å². The second kappa shape index (κ2) is 9.73. The van der Waals surface area contributed by atoms with Crippen LogP contribution in [0, 0.1) is 0 Å². The number of carbonyl (C=O) groups is 2. The van der Waals surface area contributed by atoms with E-state index in [2.05, 4.69) is 10.3 Å². The number of nitrogens with one attached hydrogen (secondary N) is 2. The van der Waals surface area contributed by atoms with E-state index in [1.54, 1.807) is 41.4 Å². The van der Waals surface area contributed by atoms with Crippen molar-refractivity contribution in [2.24, 2.45) is 0 Å². The Bertz CT molecular complexity index is 928. The van der Waals surface area contributed by atoms with Crippen molar-refractivity contribution in [1.29, 1.82) is 0 Å². The minimum atomic E-state index is -0.638. The quantitative estimate of drug-likeness (QED) is 0.379. The zero-order chi connectivity index (χ0) is 20.8. The van der Waals surface area contributed by atoms with Crippen LogP contribution < -0.4 is 10.8 Å². The Morgan fingerprint density at radius 1 is 1.17 bits per heavy atom. The number of benzene rings is 1. The average Bonchev–Trinajstić information content (AvgIpc) is 2.74. The van der Waals surface area contributed by atoms with Gasteiger partial charge in [0.1, 0.15) is 5.82 Å². The van der Waals surface area contributed by atoms with Crippen molar-refractivity contribution < 1.29 is 14.8 Å². The molecule has 1 saturated heterocycles. The summed E-state index contributed by atoms with van der Waals surface area (Å²) in [6.45, 7) is 1.22. The molecule has 9 heteroatoms. The molecule has 2 amide bonds. The summed E-state index contributed by atoms with van der Waals surface area (Å²) in [5, 5.41) is 12.7. The number of rotatable bonds is 5. The average molecular weight is 435 g/mol. The molecule has 0 aliphatic carbocycles. The molecule has 0 atom stereocenters. The number of likely N-dealkylation sites (tertiary alicyclic amines) is 1. The molecule has 3 rings (SSSR count). The SMILES string of the molecule is O=C(/C=C/c1cnc(NC2CCN(C(=O)c3ccccc3Cl)CC2)c(Cl)c1)NO. The Morgan fingerprint density at radius 2 is 1.90 bits per heavy atom. The maximum Gasteiger partial charge on any atom is 0.267 e. The Balaban J connectivity index is 1.57. The van der Waals surface area contributed by atoms with Gasteiger partial charge in [0, 0.05) is 31.4 Å². The lowest BCUT2D eigenvalue weighted by Crippen LogP contribution is -2.42. The standard InChI is InChI=1S/C20H20Cl2N4O3/c21-16-4-2-1-3-15(16)20(28)26-9-7-14(8-10-26)24-19-17(22)11-13(12-23-19)5-6-18(27)25-29/h1-6,11-12,14,29H,7-10H2,(H,23,24)(H,25,27)/b6-5+. The third-order valence-corrected chi connectivity index (χ3v) is 5.24. The zero-order valence-corrected chi connectivity index (χ0v) is 17.0. The lowest BCUT2D eigenvalue weighted by molar-refractivity contribution is -0.124. The fourth-order valence-corrected chi connectivity index (χ4v) is 3.53. The van der Waals surface area contributed by atoms with Crippen LogP contribution in [0.15, 0.2) is 42.6 Å². The smallest absolute Gasteiger partial charge is 0.267 e. The third-order valence-electron chi connectivity index (χ3n) is 4.63. The van der Waals surface area contributed by atoms with Crippen LogP contribution in [0.1, 0.15) is 28.8 Å². The molecule has 1 aliphatic heterocycles. The Morgan fingerprint density at radius 3 is 2.55 bits per heavy atom. The number of nitrogens with zero attached hydrogens (tertiary/aromatic N) is 2. The van der Waals surface area contributed by atoms with Crippen LogP contribution in [-0.2, 0) is 4.79 Å². The van der Waals surface area contributed by atoms with Gasteiger partial charge >= 0.3 is 0 Å². The summed E-state index contributed by atoms with van der Waals surface area (Å²) < 4.78 is 0. The Kier molecular flexibility index (Phi) is 7.09. The van der Waals surface area contributed by atoms with Crippen LogP contribution in [0.25, 0.3) is 6.08 Å².